The van der Waals surface area contributed by atoms with Gasteiger partial charge >= 0.3 is 0 Å². The zero-order valence-corrected chi connectivity index (χ0v) is 15.1. The molecule has 3 rings (SSSR count). The second kappa shape index (κ2) is 7.72. The van der Waals surface area contributed by atoms with Crippen LogP contribution >= 0.6 is 24.0 Å². The number of amides is 1. The van der Waals surface area contributed by atoms with Crippen LogP contribution in [0.5, 0.6) is 5.75 Å². The quantitative estimate of drug-likeness (QED) is 0.630. The van der Waals surface area contributed by atoms with E-state index in [4.69, 9.17) is 12.2 Å². The number of carboxylic acids is 1. The molecule has 1 fully saturated rings. The van der Waals surface area contributed by atoms with Crippen LogP contribution in [0.15, 0.2) is 59.5 Å². The first kappa shape index (κ1) is 18.2. The van der Waals surface area contributed by atoms with Crippen LogP contribution in [0.1, 0.15) is 23.6 Å². The SMILES string of the molecule is O=C([O-])C[C@H](c1ccccc1)N1C(=O)C(=Cc2ccc(O)cc2)SC1=S. The van der Waals surface area contributed by atoms with E-state index in [9.17, 15) is 19.8 Å². The Hall–Kier alpha value is -2.64. The number of nitrogens with zero attached hydrogens (tertiary/aromatic N) is 1. The highest BCUT2D eigenvalue weighted by atomic mass is 32.2. The number of hydrogen-bond donors (Lipinski definition) is 1. The molecule has 1 atom stereocenters. The number of phenols is 1. The van der Waals surface area contributed by atoms with E-state index in [2.05, 4.69) is 0 Å². The number of thioether (sulfide) groups is 1. The summed E-state index contributed by atoms with van der Waals surface area (Å²) in [5.74, 6) is -1.47. The van der Waals surface area contributed by atoms with Crippen molar-refractivity contribution in [2.24, 2.45) is 0 Å². The number of aliphatic carboxylic acids is 1. The van der Waals surface area contributed by atoms with Gasteiger partial charge in [0, 0.05) is 12.4 Å². The van der Waals surface area contributed by atoms with Crippen LogP contribution in [0, 0.1) is 0 Å². The van der Waals surface area contributed by atoms with Crippen LogP contribution in [0.2, 0.25) is 0 Å². The number of hydrogen-bond acceptors (Lipinski definition) is 6. The lowest BCUT2D eigenvalue weighted by Crippen LogP contribution is -2.37. The van der Waals surface area contributed by atoms with Gasteiger partial charge in [-0.25, -0.2) is 0 Å². The van der Waals surface area contributed by atoms with Crippen molar-refractivity contribution in [1.82, 2.24) is 4.90 Å². The number of rotatable bonds is 5. The van der Waals surface area contributed by atoms with Gasteiger partial charge in [-0.2, -0.15) is 0 Å². The molecule has 1 N–H and O–H groups in total. The summed E-state index contributed by atoms with van der Waals surface area (Å²) in [6, 6.07) is 14.6. The van der Waals surface area contributed by atoms with Crippen LogP contribution in [0.4, 0.5) is 0 Å². The predicted octanol–water partition coefficient (Wildman–Crippen LogP) is 2.47. The normalized spacial score (nSPS) is 16.9. The number of phenolic OH excluding ortho intramolecular Hbond substituents is 1. The summed E-state index contributed by atoms with van der Waals surface area (Å²) in [6.07, 6.45) is 1.32. The van der Waals surface area contributed by atoms with E-state index in [1.54, 1.807) is 42.5 Å². The number of carbonyl (C=O) groups excluding carboxylic acids is 2. The lowest BCUT2D eigenvalue weighted by molar-refractivity contribution is -0.306. The van der Waals surface area contributed by atoms with Crippen molar-refractivity contribution in [2.45, 2.75) is 12.5 Å². The van der Waals surface area contributed by atoms with Gasteiger partial charge in [-0.05, 0) is 29.3 Å². The Labute approximate surface area is 160 Å². The summed E-state index contributed by atoms with van der Waals surface area (Å²) in [6.45, 7) is 0. The summed E-state index contributed by atoms with van der Waals surface area (Å²) >= 11 is 6.46. The maximum Gasteiger partial charge on any atom is 0.266 e. The van der Waals surface area contributed by atoms with E-state index in [1.165, 1.54) is 17.0 Å². The zero-order valence-electron chi connectivity index (χ0n) is 13.5. The summed E-state index contributed by atoms with van der Waals surface area (Å²) in [5.41, 5.74) is 1.42. The van der Waals surface area contributed by atoms with Crippen molar-refractivity contribution >= 4 is 46.3 Å². The molecule has 1 aliphatic rings. The second-order valence-corrected chi connectivity index (χ2v) is 7.32. The number of carbonyl (C=O) groups is 2. The summed E-state index contributed by atoms with van der Waals surface area (Å²) in [5, 5.41) is 20.6. The van der Waals surface area contributed by atoms with Gasteiger partial charge in [0.15, 0.2) is 0 Å². The molecule has 132 valence electrons. The fourth-order valence-corrected chi connectivity index (χ4v) is 4.02. The monoisotopic (exact) mass is 384 g/mol. The van der Waals surface area contributed by atoms with Gasteiger partial charge in [0.1, 0.15) is 10.1 Å². The molecule has 1 aliphatic heterocycles. The molecule has 0 saturated carbocycles. The third-order valence-corrected chi connectivity index (χ3v) is 5.20. The zero-order chi connectivity index (χ0) is 18.7. The molecule has 2 aromatic carbocycles. The lowest BCUT2D eigenvalue weighted by atomic mass is 10.0. The van der Waals surface area contributed by atoms with Gasteiger partial charge < -0.3 is 15.0 Å². The van der Waals surface area contributed by atoms with Crippen LogP contribution < -0.4 is 5.11 Å². The molecule has 7 heteroatoms. The van der Waals surface area contributed by atoms with E-state index in [0.29, 0.717) is 14.8 Å². The molecule has 0 aromatic heterocycles. The molecule has 26 heavy (non-hydrogen) atoms. The highest BCUT2D eigenvalue weighted by Crippen LogP contribution is 2.39. The van der Waals surface area contributed by atoms with Crippen molar-refractivity contribution in [1.29, 1.82) is 0 Å². The first-order valence-corrected chi connectivity index (χ1v) is 8.99. The van der Waals surface area contributed by atoms with Gasteiger partial charge in [0.25, 0.3) is 5.91 Å². The van der Waals surface area contributed by atoms with Gasteiger partial charge in [0.05, 0.1) is 10.9 Å². The van der Waals surface area contributed by atoms with E-state index >= 15 is 0 Å². The predicted molar refractivity (Wildman–Crippen MR) is 102 cm³/mol. The molecule has 5 nitrogen and oxygen atoms in total. The van der Waals surface area contributed by atoms with Gasteiger partial charge in [-0.15, -0.1) is 0 Å². The third kappa shape index (κ3) is 3.95. The second-order valence-electron chi connectivity index (χ2n) is 5.65. The van der Waals surface area contributed by atoms with Crippen LogP contribution in [0.3, 0.4) is 0 Å². The van der Waals surface area contributed by atoms with Crippen LogP contribution in [-0.4, -0.2) is 26.2 Å². The van der Waals surface area contributed by atoms with Crippen molar-refractivity contribution in [3.8, 4) is 5.75 Å². The molecule has 2 aromatic rings. The van der Waals surface area contributed by atoms with Gasteiger partial charge in [-0.1, -0.05) is 66.4 Å². The average Bonchev–Trinajstić information content (AvgIpc) is 2.89. The minimum Gasteiger partial charge on any atom is -0.550 e. The third-order valence-electron chi connectivity index (χ3n) is 3.87. The van der Waals surface area contributed by atoms with E-state index < -0.39 is 12.0 Å². The first-order chi connectivity index (χ1) is 12.5. The maximum atomic E-state index is 12.9. The molecule has 1 heterocycles. The Kier molecular flexibility index (Phi) is 5.39. The molecule has 0 aliphatic carbocycles. The Morgan fingerprint density at radius 1 is 1.19 bits per heavy atom. The molecule has 0 bridgehead atoms. The highest BCUT2D eigenvalue weighted by Gasteiger charge is 2.37. The van der Waals surface area contributed by atoms with E-state index in [-0.39, 0.29) is 18.1 Å². The fourth-order valence-electron chi connectivity index (χ4n) is 2.66. The number of carboxylic acid groups (broad SMARTS) is 1. The Morgan fingerprint density at radius 2 is 1.85 bits per heavy atom. The number of thiocarbonyl (C=S) groups is 1. The molecule has 0 unspecified atom stereocenters. The average molecular weight is 384 g/mol. The Morgan fingerprint density at radius 3 is 2.46 bits per heavy atom. The lowest BCUT2D eigenvalue weighted by Gasteiger charge is -2.27. The standard InChI is InChI=1S/C19H15NO4S2/c21-14-8-6-12(7-9-14)10-16-18(24)20(19(25)26-16)15(11-17(22)23)13-4-2-1-3-5-13/h1-10,15,21H,11H2,(H,22,23)/p-1/t15-/m1/s1. The number of aromatic hydroxyl groups is 1. The number of benzene rings is 2. The minimum absolute atomic E-state index is 0.132. The summed E-state index contributed by atoms with van der Waals surface area (Å²) < 4.78 is 0.301. The van der Waals surface area contributed by atoms with Crippen molar-refractivity contribution < 1.29 is 19.8 Å². The molecular weight excluding hydrogens is 370 g/mol. The van der Waals surface area contributed by atoms with Gasteiger partial charge in [0.2, 0.25) is 0 Å². The largest absolute Gasteiger partial charge is 0.550 e. The van der Waals surface area contributed by atoms with Crippen molar-refractivity contribution in [3.05, 3.63) is 70.6 Å². The van der Waals surface area contributed by atoms with E-state index in [1.807, 2.05) is 6.07 Å². The van der Waals surface area contributed by atoms with Crippen LogP contribution in [0.25, 0.3) is 6.08 Å². The van der Waals surface area contributed by atoms with Crippen LogP contribution in [-0.2, 0) is 9.59 Å². The Bertz CT molecular complexity index is 878. The smallest absolute Gasteiger partial charge is 0.266 e. The molecule has 0 radical (unpaired) electrons. The molecule has 1 saturated heterocycles. The minimum atomic E-state index is -1.25. The first-order valence-electron chi connectivity index (χ1n) is 7.76. The maximum absolute atomic E-state index is 12.9. The van der Waals surface area contributed by atoms with Gasteiger partial charge in [-0.3, -0.25) is 9.69 Å². The van der Waals surface area contributed by atoms with E-state index in [0.717, 1.165) is 17.3 Å². The molecule has 1 amide bonds. The van der Waals surface area contributed by atoms with Crippen molar-refractivity contribution in [3.63, 3.8) is 0 Å². The summed E-state index contributed by atoms with van der Waals surface area (Å²) in [7, 11) is 0. The Balaban J connectivity index is 1.93. The fraction of sp³-hybridized carbons (Fsp3) is 0.105. The molecule has 0 spiro atoms. The van der Waals surface area contributed by atoms with Crippen molar-refractivity contribution in [2.75, 3.05) is 0 Å². The highest BCUT2D eigenvalue weighted by molar-refractivity contribution is 8.26. The molecular formula is C19H14NO4S2-. The topological polar surface area (TPSA) is 80.7 Å². The summed E-state index contributed by atoms with van der Waals surface area (Å²) in [4.78, 5) is 25.8.